The van der Waals surface area contributed by atoms with Crippen LogP contribution in [0, 0.1) is 19.8 Å². The summed E-state index contributed by atoms with van der Waals surface area (Å²) in [6.07, 6.45) is 3.88. The molecule has 1 aromatic carbocycles. The molecule has 0 spiro atoms. The monoisotopic (exact) mass is 242 g/mol. The molecule has 1 fully saturated rings. The molecule has 3 rings (SSSR count). The molecule has 0 amide bonds. The van der Waals surface area contributed by atoms with Gasteiger partial charge in [0.05, 0.1) is 0 Å². The van der Waals surface area contributed by atoms with Crippen molar-refractivity contribution in [1.29, 1.82) is 0 Å². The normalized spacial score (nSPS) is 20.4. The number of benzene rings is 1. The molecule has 1 atom stereocenters. The number of aromatic amines is 1. The molecule has 2 heteroatoms. The van der Waals surface area contributed by atoms with E-state index in [4.69, 9.17) is 0 Å². The van der Waals surface area contributed by atoms with Gasteiger partial charge < -0.3 is 10.3 Å². The largest absolute Gasteiger partial charge is 0.358 e. The summed E-state index contributed by atoms with van der Waals surface area (Å²) in [5.74, 6) is 0.799. The van der Waals surface area contributed by atoms with E-state index in [1.165, 1.54) is 60.1 Å². The van der Waals surface area contributed by atoms with Gasteiger partial charge in [-0.3, -0.25) is 0 Å². The van der Waals surface area contributed by atoms with Crippen LogP contribution in [0.5, 0.6) is 0 Å². The lowest BCUT2D eigenvalue weighted by atomic mass is 9.91. The quantitative estimate of drug-likeness (QED) is 0.830. The van der Waals surface area contributed by atoms with Gasteiger partial charge in [0, 0.05) is 16.6 Å². The Hall–Kier alpha value is -1.28. The molecule has 0 radical (unpaired) electrons. The third-order valence-corrected chi connectivity index (χ3v) is 4.34. The number of aromatic nitrogens is 1. The van der Waals surface area contributed by atoms with Crippen LogP contribution in [-0.2, 0) is 6.42 Å². The Morgan fingerprint density at radius 1 is 1.28 bits per heavy atom. The van der Waals surface area contributed by atoms with Gasteiger partial charge >= 0.3 is 0 Å². The van der Waals surface area contributed by atoms with E-state index in [1.807, 2.05) is 0 Å². The van der Waals surface area contributed by atoms with Crippen molar-refractivity contribution in [3.8, 4) is 0 Å². The van der Waals surface area contributed by atoms with E-state index in [1.54, 1.807) is 0 Å². The Kier molecular flexibility index (Phi) is 3.13. The van der Waals surface area contributed by atoms with E-state index in [0.717, 1.165) is 5.92 Å². The zero-order valence-corrected chi connectivity index (χ0v) is 11.3. The Balaban J connectivity index is 1.93. The van der Waals surface area contributed by atoms with E-state index in [0.29, 0.717) is 0 Å². The van der Waals surface area contributed by atoms with Crippen molar-refractivity contribution in [1.82, 2.24) is 10.3 Å². The number of hydrogen-bond donors (Lipinski definition) is 2. The number of aryl methyl sites for hydroxylation is 2. The van der Waals surface area contributed by atoms with E-state index >= 15 is 0 Å². The van der Waals surface area contributed by atoms with Gasteiger partial charge in [-0.25, -0.2) is 0 Å². The molecule has 1 aliphatic heterocycles. The highest BCUT2D eigenvalue weighted by Crippen LogP contribution is 2.27. The fourth-order valence-electron chi connectivity index (χ4n) is 3.12. The minimum atomic E-state index is 0.799. The molecule has 2 heterocycles. The summed E-state index contributed by atoms with van der Waals surface area (Å²) >= 11 is 0. The standard InChI is InChI=1S/C16H22N2/c1-11-12(2)18-16-14(6-3-7-15(11)16)9-13-5-4-8-17-10-13/h3,6-7,13,17-18H,4-5,8-10H2,1-2H3. The summed E-state index contributed by atoms with van der Waals surface area (Å²) in [5.41, 5.74) is 5.54. The van der Waals surface area contributed by atoms with Crippen LogP contribution < -0.4 is 5.32 Å². The van der Waals surface area contributed by atoms with Gasteiger partial charge in [0.2, 0.25) is 0 Å². The van der Waals surface area contributed by atoms with Gasteiger partial charge in [-0.05, 0) is 63.2 Å². The maximum Gasteiger partial charge on any atom is 0.0491 e. The molecule has 2 nitrogen and oxygen atoms in total. The Bertz CT molecular complexity index is 547. The van der Waals surface area contributed by atoms with Gasteiger partial charge in [0.25, 0.3) is 0 Å². The number of para-hydroxylation sites is 1. The highest BCUT2D eigenvalue weighted by Gasteiger charge is 2.16. The van der Waals surface area contributed by atoms with Crippen molar-refractivity contribution in [2.24, 2.45) is 5.92 Å². The number of fused-ring (bicyclic) bond motifs is 1. The first-order valence-electron chi connectivity index (χ1n) is 7.03. The summed E-state index contributed by atoms with van der Waals surface area (Å²) in [5, 5.41) is 4.91. The number of nitrogens with one attached hydrogen (secondary N) is 2. The lowest BCUT2D eigenvalue weighted by molar-refractivity contribution is 0.376. The zero-order chi connectivity index (χ0) is 12.5. The van der Waals surface area contributed by atoms with Crippen LogP contribution in [-0.4, -0.2) is 18.1 Å². The molecule has 96 valence electrons. The predicted molar refractivity (Wildman–Crippen MR) is 77.1 cm³/mol. The molecule has 2 aromatic rings. The second-order valence-electron chi connectivity index (χ2n) is 5.63. The third kappa shape index (κ3) is 2.05. The third-order valence-electron chi connectivity index (χ3n) is 4.34. The van der Waals surface area contributed by atoms with E-state index in [2.05, 4.69) is 42.3 Å². The van der Waals surface area contributed by atoms with Crippen molar-refractivity contribution < 1.29 is 0 Å². The Morgan fingerprint density at radius 2 is 2.17 bits per heavy atom. The van der Waals surface area contributed by atoms with E-state index in [9.17, 15) is 0 Å². The second kappa shape index (κ2) is 4.77. The smallest absolute Gasteiger partial charge is 0.0491 e. The molecule has 1 saturated heterocycles. The molecule has 2 N–H and O–H groups in total. The molecule has 1 aliphatic rings. The molecule has 0 bridgehead atoms. The van der Waals surface area contributed by atoms with Crippen LogP contribution in [0.2, 0.25) is 0 Å². The zero-order valence-electron chi connectivity index (χ0n) is 11.3. The highest BCUT2D eigenvalue weighted by molar-refractivity contribution is 5.87. The predicted octanol–water partition coefficient (Wildman–Crippen LogP) is 3.33. The van der Waals surface area contributed by atoms with E-state index in [-0.39, 0.29) is 0 Å². The average Bonchev–Trinajstić information content (AvgIpc) is 2.69. The minimum Gasteiger partial charge on any atom is -0.358 e. The summed E-state index contributed by atoms with van der Waals surface area (Å²) in [6.45, 7) is 6.75. The van der Waals surface area contributed by atoms with Crippen molar-refractivity contribution in [3.05, 3.63) is 35.0 Å². The Labute approximate surface area is 109 Å². The molecule has 18 heavy (non-hydrogen) atoms. The summed E-state index contributed by atoms with van der Waals surface area (Å²) < 4.78 is 0. The topological polar surface area (TPSA) is 27.8 Å². The molecular weight excluding hydrogens is 220 g/mol. The van der Waals surface area contributed by atoms with Gasteiger partial charge in [-0.2, -0.15) is 0 Å². The fourth-order valence-corrected chi connectivity index (χ4v) is 3.12. The summed E-state index contributed by atoms with van der Waals surface area (Å²) in [4.78, 5) is 3.56. The van der Waals surface area contributed by atoms with Crippen molar-refractivity contribution in [2.45, 2.75) is 33.1 Å². The number of hydrogen-bond acceptors (Lipinski definition) is 1. The van der Waals surface area contributed by atoms with Gasteiger partial charge in [-0.15, -0.1) is 0 Å². The lowest BCUT2D eigenvalue weighted by Gasteiger charge is -2.22. The maximum atomic E-state index is 3.56. The molecule has 0 aliphatic carbocycles. The first-order chi connectivity index (χ1) is 8.75. The van der Waals surface area contributed by atoms with Crippen molar-refractivity contribution >= 4 is 10.9 Å². The number of piperidine rings is 1. The molecule has 0 saturated carbocycles. The van der Waals surface area contributed by atoms with Gasteiger partial charge in [-0.1, -0.05) is 18.2 Å². The van der Waals surface area contributed by atoms with Crippen LogP contribution in [0.15, 0.2) is 18.2 Å². The SMILES string of the molecule is Cc1[nH]c2c(CC3CCCNC3)cccc2c1C. The lowest BCUT2D eigenvalue weighted by Crippen LogP contribution is -2.30. The second-order valence-corrected chi connectivity index (χ2v) is 5.63. The van der Waals surface area contributed by atoms with Crippen molar-refractivity contribution in [2.75, 3.05) is 13.1 Å². The average molecular weight is 242 g/mol. The fraction of sp³-hybridized carbons (Fsp3) is 0.500. The van der Waals surface area contributed by atoms with Crippen LogP contribution >= 0.6 is 0 Å². The van der Waals surface area contributed by atoms with Crippen LogP contribution in [0.1, 0.15) is 29.7 Å². The molecule has 1 unspecified atom stereocenters. The first kappa shape index (κ1) is 11.8. The first-order valence-corrected chi connectivity index (χ1v) is 7.03. The number of H-pyrrole nitrogens is 1. The Morgan fingerprint density at radius 3 is 2.94 bits per heavy atom. The highest BCUT2D eigenvalue weighted by atomic mass is 14.9. The number of rotatable bonds is 2. The van der Waals surface area contributed by atoms with Gasteiger partial charge in [0.15, 0.2) is 0 Å². The van der Waals surface area contributed by atoms with Crippen molar-refractivity contribution in [3.63, 3.8) is 0 Å². The van der Waals surface area contributed by atoms with Crippen LogP contribution in [0.25, 0.3) is 10.9 Å². The van der Waals surface area contributed by atoms with Gasteiger partial charge in [0.1, 0.15) is 0 Å². The van der Waals surface area contributed by atoms with Crippen LogP contribution in [0.3, 0.4) is 0 Å². The summed E-state index contributed by atoms with van der Waals surface area (Å²) in [6, 6.07) is 6.72. The minimum absolute atomic E-state index is 0.799. The van der Waals surface area contributed by atoms with Crippen LogP contribution in [0.4, 0.5) is 0 Å². The maximum absolute atomic E-state index is 3.56. The molecular formula is C16H22N2. The van der Waals surface area contributed by atoms with E-state index < -0.39 is 0 Å². The summed E-state index contributed by atoms with van der Waals surface area (Å²) in [7, 11) is 0. The molecule has 1 aromatic heterocycles.